The standard InChI is InChI=1S/C25H40N2/c1-3-5-7-9-14-18-25(27-20-19-26-22-27)24(17-13-8-6-4-2)21-23-15-11-10-12-16-23/h10-12,15-16,19-20,22,24-25H,3-9,13-14,17-18,21H2,1-2H3/p+1. The van der Waals surface area contributed by atoms with Crippen LogP contribution in [-0.4, -0.2) is 4.98 Å². The van der Waals surface area contributed by atoms with Gasteiger partial charge in [-0.15, -0.1) is 0 Å². The molecule has 1 aromatic heterocycles. The first-order valence-corrected chi connectivity index (χ1v) is 11.4. The number of aromatic amines is 1. The lowest BCUT2D eigenvalue weighted by molar-refractivity contribution is -0.730. The van der Waals surface area contributed by atoms with Gasteiger partial charge < -0.3 is 0 Å². The Morgan fingerprint density at radius 1 is 0.815 bits per heavy atom. The zero-order valence-electron chi connectivity index (χ0n) is 17.7. The lowest BCUT2D eigenvalue weighted by atomic mass is 9.84. The molecule has 27 heavy (non-hydrogen) atoms. The Hall–Kier alpha value is -1.57. The fourth-order valence-electron chi connectivity index (χ4n) is 4.27. The van der Waals surface area contributed by atoms with Gasteiger partial charge >= 0.3 is 0 Å². The van der Waals surface area contributed by atoms with Gasteiger partial charge in [0.05, 0.1) is 0 Å². The van der Waals surface area contributed by atoms with E-state index in [0.29, 0.717) is 6.04 Å². The molecule has 2 rings (SSSR count). The number of nitrogens with zero attached hydrogens (tertiary/aromatic N) is 1. The van der Waals surface area contributed by atoms with Crippen LogP contribution in [0.25, 0.3) is 0 Å². The van der Waals surface area contributed by atoms with Crippen LogP contribution >= 0.6 is 0 Å². The van der Waals surface area contributed by atoms with E-state index in [0.717, 1.165) is 5.92 Å². The second kappa shape index (κ2) is 13.6. The summed E-state index contributed by atoms with van der Waals surface area (Å²) in [6.07, 6.45) is 22.6. The molecule has 0 saturated carbocycles. The molecule has 2 unspecified atom stereocenters. The lowest BCUT2D eigenvalue weighted by Gasteiger charge is -2.25. The summed E-state index contributed by atoms with van der Waals surface area (Å²) in [7, 11) is 0. The molecular weight excluding hydrogens is 328 g/mol. The van der Waals surface area contributed by atoms with Crippen LogP contribution in [0.2, 0.25) is 0 Å². The topological polar surface area (TPSA) is 19.7 Å². The smallest absolute Gasteiger partial charge is 0.241 e. The Kier molecular flexibility index (Phi) is 10.9. The first kappa shape index (κ1) is 21.7. The van der Waals surface area contributed by atoms with Crippen LogP contribution < -0.4 is 4.57 Å². The van der Waals surface area contributed by atoms with Crippen molar-refractivity contribution in [2.45, 2.75) is 96.9 Å². The van der Waals surface area contributed by atoms with Gasteiger partial charge in [-0.3, -0.25) is 4.98 Å². The van der Waals surface area contributed by atoms with E-state index in [1.165, 1.54) is 82.6 Å². The van der Waals surface area contributed by atoms with Crippen molar-refractivity contribution in [2.24, 2.45) is 5.92 Å². The first-order chi connectivity index (χ1) is 13.3. The molecule has 2 heteroatoms. The van der Waals surface area contributed by atoms with Gasteiger partial charge in [-0.1, -0.05) is 95.5 Å². The summed E-state index contributed by atoms with van der Waals surface area (Å²) in [6, 6.07) is 11.7. The largest absolute Gasteiger partial charge is 0.250 e. The van der Waals surface area contributed by atoms with Gasteiger partial charge in [-0.2, -0.15) is 0 Å². The summed E-state index contributed by atoms with van der Waals surface area (Å²) in [6.45, 7) is 4.60. The molecule has 1 heterocycles. The molecule has 0 aliphatic carbocycles. The second-order valence-electron chi connectivity index (χ2n) is 8.13. The fraction of sp³-hybridized carbons (Fsp3) is 0.640. The van der Waals surface area contributed by atoms with E-state index in [1.807, 2.05) is 0 Å². The van der Waals surface area contributed by atoms with Crippen LogP contribution in [0, 0.1) is 5.92 Å². The molecule has 150 valence electrons. The number of rotatable bonds is 15. The average molecular weight is 370 g/mol. The van der Waals surface area contributed by atoms with Crippen molar-refractivity contribution in [3.05, 3.63) is 54.6 Å². The number of benzene rings is 1. The van der Waals surface area contributed by atoms with Crippen LogP contribution in [0.3, 0.4) is 0 Å². The van der Waals surface area contributed by atoms with Crippen LogP contribution in [0.15, 0.2) is 49.1 Å². The minimum Gasteiger partial charge on any atom is -0.250 e. The second-order valence-corrected chi connectivity index (χ2v) is 8.13. The fourth-order valence-corrected chi connectivity index (χ4v) is 4.27. The number of hydrogen-bond acceptors (Lipinski definition) is 0. The number of unbranched alkanes of at least 4 members (excludes halogenated alkanes) is 7. The van der Waals surface area contributed by atoms with Gasteiger partial charge in [0, 0.05) is 5.92 Å². The number of H-pyrrole nitrogens is 1. The zero-order valence-corrected chi connectivity index (χ0v) is 17.7. The Morgan fingerprint density at radius 3 is 2.15 bits per heavy atom. The van der Waals surface area contributed by atoms with Crippen molar-refractivity contribution in [2.75, 3.05) is 0 Å². The molecule has 0 aliphatic heterocycles. The Morgan fingerprint density at radius 2 is 1.48 bits per heavy atom. The molecule has 2 nitrogen and oxygen atoms in total. The van der Waals surface area contributed by atoms with Gasteiger partial charge in [0.1, 0.15) is 18.4 Å². The van der Waals surface area contributed by atoms with Gasteiger partial charge in [-0.05, 0) is 31.2 Å². The highest BCUT2D eigenvalue weighted by Crippen LogP contribution is 2.28. The molecular formula is C25H41N2+. The minimum absolute atomic E-state index is 0.611. The summed E-state index contributed by atoms with van der Waals surface area (Å²) >= 11 is 0. The maximum atomic E-state index is 3.28. The van der Waals surface area contributed by atoms with Crippen LogP contribution in [-0.2, 0) is 6.42 Å². The molecule has 0 saturated heterocycles. The maximum absolute atomic E-state index is 3.28. The Labute approximate surface area is 167 Å². The molecule has 0 aliphatic rings. The molecule has 2 aromatic rings. The van der Waals surface area contributed by atoms with Gasteiger partial charge in [0.15, 0.2) is 0 Å². The Balaban J connectivity index is 2.04. The number of aromatic nitrogens is 2. The summed E-state index contributed by atoms with van der Waals surface area (Å²) in [5, 5.41) is 0. The van der Waals surface area contributed by atoms with Crippen LogP contribution in [0.4, 0.5) is 0 Å². The predicted molar refractivity (Wildman–Crippen MR) is 116 cm³/mol. The summed E-state index contributed by atoms with van der Waals surface area (Å²) in [5.41, 5.74) is 1.49. The molecule has 2 atom stereocenters. The van der Waals surface area contributed by atoms with Crippen LogP contribution in [0.5, 0.6) is 0 Å². The van der Waals surface area contributed by atoms with E-state index in [2.05, 4.69) is 72.5 Å². The van der Waals surface area contributed by atoms with E-state index in [4.69, 9.17) is 0 Å². The van der Waals surface area contributed by atoms with Crippen molar-refractivity contribution >= 4 is 0 Å². The monoisotopic (exact) mass is 369 g/mol. The molecule has 1 N–H and O–H groups in total. The van der Waals surface area contributed by atoms with E-state index < -0.39 is 0 Å². The van der Waals surface area contributed by atoms with Gasteiger partial charge in [0.25, 0.3) is 0 Å². The van der Waals surface area contributed by atoms with Gasteiger partial charge in [0.2, 0.25) is 6.33 Å². The quantitative estimate of drug-likeness (QED) is 0.257. The molecule has 1 aromatic carbocycles. The highest BCUT2D eigenvalue weighted by molar-refractivity contribution is 5.15. The van der Waals surface area contributed by atoms with Crippen molar-refractivity contribution < 1.29 is 4.57 Å². The number of hydrogen-bond donors (Lipinski definition) is 1. The van der Waals surface area contributed by atoms with E-state index in [1.54, 1.807) is 0 Å². The normalized spacial score (nSPS) is 13.6. The predicted octanol–water partition coefficient (Wildman–Crippen LogP) is 7.03. The third-order valence-electron chi connectivity index (χ3n) is 5.87. The summed E-state index contributed by atoms with van der Waals surface area (Å²) < 4.78 is 2.45. The first-order valence-electron chi connectivity index (χ1n) is 11.4. The number of imidazole rings is 1. The van der Waals surface area contributed by atoms with Crippen molar-refractivity contribution in [1.82, 2.24) is 4.98 Å². The third-order valence-corrected chi connectivity index (χ3v) is 5.87. The lowest BCUT2D eigenvalue weighted by Crippen LogP contribution is -2.42. The molecule has 0 bridgehead atoms. The highest BCUT2D eigenvalue weighted by Gasteiger charge is 2.26. The van der Waals surface area contributed by atoms with Crippen molar-refractivity contribution in [3.63, 3.8) is 0 Å². The maximum Gasteiger partial charge on any atom is 0.241 e. The van der Waals surface area contributed by atoms with Gasteiger partial charge in [-0.25, -0.2) is 4.57 Å². The minimum atomic E-state index is 0.611. The van der Waals surface area contributed by atoms with E-state index >= 15 is 0 Å². The highest BCUT2D eigenvalue weighted by atomic mass is 15.1. The Bertz CT molecular complexity index is 561. The van der Waals surface area contributed by atoms with Crippen molar-refractivity contribution in [3.8, 4) is 0 Å². The molecule has 0 amide bonds. The van der Waals surface area contributed by atoms with Crippen molar-refractivity contribution in [1.29, 1.82) is 0 Å². The molecule has 0 radical (unpaired) electrons. The SMILES string of the molecule is CCCCCCCC(C(CCCCCC)Cc1ccccc1)[n+]1cc[nH]c1. The third kappa shape index (κ3) is 8.32. The summed E-state index contributed by atoms with van der Waals surface area (Å²) in [4.78, 5) is 3.28. The van der Waals surface area contributed by atoms with E-state index in [-0.39, 0.29) is 0 Å². The van der Waals surface area contributed by atoms with E-state index in [9.17, 15) is 0 Å². The number of nitrogens with one attached hydrogen (secondary N) is 1. The zero-order chi connectivity index (χ0) is 19.2. The average Bonchev–Trinajstić information content (AvgIpc) is 3.22. The summed E-state index contributed by atoms with van der Waals surface area (Å²) in [5.74, 6) is 0.719. The molecule has 0 fully saturated rings. The molecule has 0 spiro atoms. The van der Waals surface area contributed by atoms with Crippen LogP contribution in [0.1, 0.15) is 96.1 Å².